The zero-order valence-electron chi connectivity index (χ0n) is 7.16. The van der Waals surface area contributed by atoms with E-state index in [0.29, 0.717) is 16.8 Å². The highest BCUT2D eigenvalue weighted by atomic mass is 16.4. The Balaban J connectivity index is 3.38. The molecule has 4 heteroatoms. The number of carboxylic acids is 1. The number of hydrogen-bond donors (Lipinski definition) is 3. The molecule has 0 atom stereocenters. The van der Waals surface area contributed by atoms with Crippen molar-refractivity contribution in [3.8, 4) is 0 Å². The molecule has 68 valence electrons. The molecular formula is C9H10N2O2. The highest BCUT2D eigenvalue weighted by Crippen LogP contribution is 2.16. The highest BCUT2D eigenvalue weighted by Gasteiger charge is 2.09. The Bertz CT molecular complexity index is 372. The average Bonchev–Trinajstić information content (AvgIpc) is 2.03. The smallest absolute Gasteiger partial charge is 0.335 e. The molecule has 0 unspecified atom stereocenters. The molecule has 0 aliphatic carbocycles. The number of benzene rings is 1. The van der Waals surface area contributed by atoms with Crippen molar-refractivity contribution in [2.45, 2.75) is 6.92 Å². The number of aryl methyl sites for hydroxylation is 1. The largest absolute Gasteiger partial charge is 0.478 e. The van der Waals surface area contributed by atoms with Crippen LogP contribution in [0, 0.1) is 12.3 Å². The number of anilines is 1. The summed E-state index contributed by atoms with van der Waals surface area (Å²) >= 11 is 0. The maximum absolute atomic E-state index is 10.7. The number of nitrogens with two attached hydrogens (primary N) is 1. The first-order chi connectivity index (χ1) is 6.06. The minimum atomic E-state index is -0.999. The third kappa shape index (κ3) is 1.66. The molecule has 0 saturated carbocycles. The maximum atomic E-state index is 10.7. The number of carbonyl (C=O) groups is 1. The molecule has 0 aromatic heterocycles. The van der Waals surface area contributed by atoms with E-state index in [1.54, 1.807) is 13.0 Å². The summed E-state index contributed by atoms with van der Waals surface area (Å²) in [5, 5.41) is 15.8. The van der Waals surface area contributed by atoms with Gasteiger partial charge in [-0.3, -0.25) is 0 Å². The van der Waals surface area contributed by atoms with Gasteiger partial charge in [-0.05, 0) is 24.6 Å². The van der Waals surface area contributed by atoms with Gasteiger partial charge in [-0.25, -0.2) is 4.79 Å². The van der Waals surface area contributed by atoms with E-state index in [-0.39, 0.29) is 5.56 Å². The Hall–Kier alpha value is -1.84. The van der Waals surface area contributed by atoms with Gasteiger partial charge in [-0.1, -0.05) is 0 Å². The fourth-order valence-electron chi connectivity index (χ4n) is 1.10. The van der Waals surface area contributed by atoms with Crippen molar-refractivity contribution in [2.24, 2.45) is 0 Å². The monoisotopic (exact) mass is 178 g/mol. The zero-order valence-corrected chi connectivity index (χ0v) is 7.16. The van der Waals surface area contributed by atoms with Crippen LogP contribution in [0.2, 0.25) is 0 Å². The molecule has 1 aromatic rings. The second kappa shape index (κ2) is 3.26. The van der Waals surface area contributed by atoms with Crippen LogP contribution >= 0.6 is 0 Å². The molecule has 0 aliphatic heterocycles. The zero-order chi connectivity index (χ0) is 10.0. The van der Waals surface area contributed by atoms with Crippen molar-refractivity contribution in [1.82, 2.24) is 0 Å². The van der Waals surface area contributed by atoms with Gasteiger partial charge < -0.3 is 16.2 Å². The summed E-state index contributed by atoms with van der Waals surface area (Å²) in [4.78, 5) is 10.7. The van der Waals surface area contributed by atoms with Crippen LogP contribution in [-0.2, 0) is 0 Å². The van der Waals surface area contributed by atoms with Crippen molar-refractivity contribution in [3.05, 3.63) is 28.8 Å². The van der Waals surface area contributed by atoms with E-state index in [4.69, 9.17) is 16.2 Å². The summed E-state index contributed by atoms with van der Waals surface area (Å²) in [6.45, 7) is 1.67. The van der Waals surface area contributed by atoms with Gasteiger partial charge in [0.2, 0.25) is 0 Å². The lowest BCUT2D eigenvalue weighted by molar-refractivity contribution is 0.0696. The molecule has 0 radical (unpaired) electrons. The summed E-state index contributed by atoms with van der Waals surface area (Å²) < 4.78 is 0. The summed E-state index contributed by atoms with van der Waals surface area (Å²) in [6, 6.07) is 2.96. The summed E-state index contributed by atoms with van der Waals surface area (Å²) in [5.41, 5.74) is 7.21. The summed E-state index contributed by atoms with van der Waals surface area (Å²) in [7, 11) is 0. The quantitative estimate of drug-likeness (QED) is 0.470. The van der Waals surface area contributed by atoms with Crippen LogP contribution < -0.4 is 5.73 Å². The Morgan fingerprint density at radius 2 is 2.23 bits per heavy atom. The van der Waals surface area contributed by atoms with E-state index in [1.165, 1.54) is 6.07 Å². The molecule has 0 heterocycles. The predicted molar refractivity (Wildman–Crippen MR) is 50.4 cm³/mol. The predicted octanol–water partition coefficient (Wildman–Crippen LogP) is 1.27. The maximum Gasteiger partial charge on any atom is 0.335 e. The molecule has 0 amide bonds. The van der Waals surface area contributed by atoms with Crippen LogP contribution in [0.5, 0.6) is 0 Å². The molecule has 0 saturated heterocycles. The van der Waals surface area contributed by atoms with Crippen LogP contribution in [0.25, 0.3) is 0 Å². The molecule has 0 aliphatic rings. The van der Waals surface area contributed by atoms with Gasteiger partial charge >= 0.3 is 5.97 Å². The summed E-state index contributed by atoms with van der Waals surface area (Å²) in [5.74, 6) is -0.999. The van der Waals surface area contributed by atoms with Crippen molar-refractivity contribution < 1.29 is 9.90 Å². The first-order valence-electron chi connectivity index (χ1n) is 3.70. The number of carboxylic acid groups (broad SMARTS) is 1. The van der Waals surface area contributed by atoms with E-state index in [2.05, 4.69) is 0 Å². The molecule has 0 fully saturated rings. The van der Waals surface area contributed by atoms with Crippen molar-refractivity contribution in [1.29, 1.82) is 5.41 Å². The van der Waals surface area contributed by atoms with E-state index in [9.17, 15) is 4.79 Å². The standard InChI is InChI=1S/C9H10N2O2/c1-5-2-8(11)6(4-10)3-7(5)9(12)13/h2-4,10H,11H2,1H3,(H,12,13). The first kappa shape index (κ1) is 9.25. The number of hydrogen-bond acceptors (Lipinski definition) is 3. The van der Waals surface area contributed by atoms with Gasteiger partial charge in [0.25, 0.3) is 0 Å². The van der Waals surface area contributed by atoms with Crippen LogP contribution in [0.4, 0.5) is 5.69 Å². The Morgan fingerprint density at radius 1 is 1.62 bits per heavy atom. The summed E-state index contributed by atoms with van der Waals surface area (Å²) in [6.07, 6.45) is 1.04. The SMILES string of the molecule is Cc1cc(N)c(C=N)cc1C(=O)O. The van der Waals surface area contributed by atoms with Crippen molar-refractivity contribution in [2.75, 3.05) is 5.73 Å². The topological polar surface area (TPSA) is 87.2 Å². The Kier molecular flexibility index (Phi) is 2.32. The fourth-order valence-corrected chi connectivity index (χ4v) is 1.10. The van der Waals surface area contributed by atoms with Crippen LogP contribution in [0.15, 0.2) is 12.1 Å². The van der Waals surface area contributed by atoms with Crippen LogP contribution in [-0.4, -0.2) is 17.3 Å². The highest BCUT2D eigenvalue weighted by molar-refractivity contribution is 5.94. The normalized spacial score (nSPS) is 9.62. The lowest BCUT2D eigenvalue weighted by Gasteiger charge is -2.04. The van der Waals surface area contributed by atoms with Gasteiger partial charge in [-0.15, -0.1) is 0 Å². The van der Waals surface area contributed by atoms with Gasteiger partial charge in [0.15, 0.2) is 0 Å². The average molecular weight is 178 g/mol. The number of aromatic carboxylic acids is 1. The molecule has 1 rings (SSSR count). The molecule has 0 bridgehead atoms. The molecule has 4 N–H and O–H groups in total. The molecule has 13 heavy (non-hydrogen) atoms. The molecule has 0 spiro atoms. The van der Waals surface area contributed by atoms with Gasteiger partial charge in [-0.2, -0.15) is 0 Å². The Labute approximate surface area is 75.5 Å². The Morgan fingerprint density at radius 3 is 2.69 bits per heavy atom. The number of nitrogens with one attached hydrogen (secondary N) is 1. The van der Waals surface area contributed by atoms with E-state index in [1.807, 2.05) is 0 Å². The van der Waals surface area contributed by atoms with Gasteiger partial charge in [0.1, 0.15) is 0 Å². The van der Waals surface area contributed by atoms with Crippen LogP contribution in [0.3, 0.4) is 0 Å². The molecule has 1 aromatic carbocycles. The van der Waals surface area contributed by atoms with Crippen molar-refractivity contribution >= 4 is 17.9 Å². The van der Waals surface area contributed by atoms with Crippen LogP contribution in [0.1, 0.15) is 21.5 Å². The lowest BCUT2D eigenvalue weighted by atomic mass is 10.0. The second-order valence-corrected chi connectivity index (χ2v) is 2.75. The second-order valence-electron chi connectivity index (χ2n) is 2.75. The lowest BCUT2D eigenvalue weighted by Crippen LogP contribution is -2.03. The number of nitrogen functional groups attached to an aromatic ring is 1. The molecular weight excluding hydrogens is 168 g/mol. The first-order valence-corrected chi connectivity index (χ1v) is 3.70. The third-order valence-electron chi connectivity index (χ3n) is 1.82. The minimum absolute atomic E-state index is 0.188. The number of rotatable bonds is 2. The molecule has 4 nitrogen and oxygen atoms in total. The fraction of sp³-hybridized carbons (Fsp3) is 0.111. The van der Waals surface area contributed by atoms with E-state index >= 15 is 0 Å². The van der Waals surface area contributed by atoms with Crippen molar-refractivity contribution in [3.63, 3.8) is 0 Å². The van der Waals surface area contributed by atoms with Gasteiger partial charge in [0, 0.05) is 17.5 Å². The van der Waals surface area contributed by atoms with E-state index < -0.39 is 5.97 Å². The third-order valence-corrected chi connectivity index (χ3v) is 1.82. The van der Waals surface area contributed by atoms with Gasteiger partial charge in [0.05, 0.1) is 5.56 Å². The van der Waals surface area contributed by atoms with E-state index in [0.717, 1.165) is 6.21 Å². The minimum Gasteiger partial charge on any atom is -0.478 e.